The minimum atomic E-state index is -0.691. The molecular weight excluding hydrogens is 491 g/mol. The SMILES string of the molecule is CNC(=O)C(Cc1ccccc1)N(Cc1ccc(Cl)cc1Cl)C(=O)CCc1cccc2ccccc12. The van der Waals surface area contributed by atoms with E-state index < -0.39 is 6.04 Å². The van der Waals surface area contributed by atoms with Gasteiger partial charge in [-0.1, -0.05) is 102 Å². The number of aryl methyl sites for hydroxylation is 1. The van der Waals surface area contributed by atoms with Crippen molar-refractivity contribution >= 4 is 45.8 Å². The van der Waals surface area contributed by atoms with Crippen LogP contribution in [0.5, 0.6) is 0 Å². The third kappa shape index (κ3) is 6.26. The number of fused-ring (bicyclic) bond motifs is 1. The van der Waals surface area contributed by atoms with E-state index in [9.17, 15) is 9.59 Å². The number of nitrogens with one attached hydrogen (secondary N) is 1. The Labute approximate surface area is 221 Å². The molecule has 0 aliphatic rings. The summed E-state index contributed by atoms with van der Waals surface area (Å²) in [4.78, 5) is 28.5. The van der Waals surface area contributed by atoms with E-state index in [1.165, 1.54) is 0 Å². The number of amides is 2. The van der Waals surface area contributed by atoms with E-state index in [1.807, 2.05) is 48.5 Å². The second kappa shape index (κ2) is 12.1. The first-order valence-electron chi connectivity index (χ1n) is 11.9. The zero-order chi connectivity index (χ0) is 25.5. The van der Waals surface area contributed by atoms with Crippen LogP contribution in [0.4, 0.5) is 0 Å². The molecule has 0 aromatic heterocycles. The lowest BCUT2D eigenvalue weighted by atomic mass is 9.99. The van der Waals surface area contributed by atoms with Gasteiger partial charge in [0.05, 0.1) is 0 Å². The summed E-state index contributed by atoms with van der Waals surface area (Å²) in [5.74, 6) is -0.332. The summed E-state index contributed by atoms with van der Waals surface area (Å²) in [6.45, 7) is 0.204. The molecule has 6 heteroatoms. The van der Waals surface area contributed by atoms with Gasteiger partial charge in [0.25, 0.3) is 0 Å². The highest BCUT2D eigenvalue weighted by atomic mass is 35.5. The molecule has 0 heterocycles. The first-order valence-corrected chi connectivity index (χ1v) is 12.7. The van der Waals surface area contributed by atoms with Crippen LogP contribution >= 0.6 is 23.2 Å². The van der Waals surface area contributed by atoms with Crippen LogP contribution in [0, 0.1) is 0 Å². The van der Waals surface area contributed by atoms with Gasteiger partial charge in [-0.2, -0.15) is 0 Å². The Bertz CT molecular complexity index is 1350. The Balaban J connectivity index is 1.64. The largest absolute Gasteiger partial charge is 0.357 e. The van der Waals surface area contributed by atoms with Crippen LogP contribution in [-0.4, -0.2) is 29.8 Å². The van der Waals surface area contributed by atoms with Gasteiger partial charge >= 0.3 is 0 Å². The fourth-order valence-corrected chi connectivity index (χ4v) is 4.92. The molecule has 0 spiro atoms. The van der Waals surface area contributed by atoms with E-state index >= 15 is 0 Å². The van der Waals surface area contributed by atoms with Crippen LogP contribution in [-0.2, 0) is 29.0 Å². The minimum Gasteiger partial charge on any atom is -0.357 e. The number of nitrogens with zero attached hydrogens (tertiary/aromatic N) is 1. The van der Waals surface area contributed by atoms with Gasteiger partial charge in [-0.15, -0.1) is 0 Å². The zero-order valence-corrected chi connectivity index (χ0v) is 21.6. The molecule has 1 unspecified atom stereocenters. The molecule has 2 amide bonds. The lowest BCUT2D eigenvalue weighted by Gasteiger charge is -2.31. The fraction of sp³-hybridized carbons (Fsp3) is 0.200. The zero-order valence-electron chi connectivity index (χ0n) is 20.1. The molecule has 0 radical (unpaired) electrons. The molecule has 4 rings (SSSR count). The van der Waals surface area contributed by atoms with Crippen molar-refractivity contribution in [1.29, 1.82) is 0 Å². The summed E-state index contributed by atoms with van der Waals surface area (Å²) in [5.41, 5.74) is 2.81. The number of likely N-dealkylation sites (N-methyl/N-ethyl adjacent to an activating group) is 1. The smallest absolute Gasteiger partial charge is 0.242 e. The number of benzene rings is 4. The maximum atomic E-state index is 13.8. The average Bonchev–Trinajstić information content (AvgIpc) is 2.90. The van der Waals surface area contributed by atoms with Crippen LogP contribution < -0.4 is 5.32 Å². The predicted molar refractivity (Wildman–Crippen MR) is 147 cm³/mol. The summed E-state index contributed by atoms with van der Waals surface area (Å²) in [6, 6.07) is 28.5. The molecular formula is C30H28Cl2N2O2. The molecule has 0 saturated heterocycles. The summed E-state index contributed by atoms with van der Waals surface area (Å²) in [6.07, 6.45) is 1.23. The lowest BCUT2D eigenvalue weighted by Crippen LogP contribution is -2.49. The van der Waals surface area contributed by atoms with Gasteiger partial charge in [-0.3, -0.25) is 9.59 Å². The summed E-state index contributed by atoms with van der Waals surface area (Å²) >= 11 is 12.6. The van der Waals surface area contributed by atoms with Crippen molar-refractivity contribution in [3.63, 3.8) is 0 Å². The van der Waals surface area contributed by atoms with Gasteiger partial charge in [-0.25, -0.2) is 0 Å². The van der Waals surface area contributed by atoms with Crippen molar-refractivity contribution in [2.45, 2.75) is 31.8 Å². The van der Waals surface area contributed by atoms with E-state index in [0.717, 1.165) is 27.5 Å². The van der Waals surface area contributed by atoms with Crippen molar-refractivity contribution in [3.05, 3.63) is 118 Å². The highest BCUT2D eigenvalue weighted by molar-refractivity contribution is 6.35. The maximum absolute atomic E-state index is 13.8. The van der Waals surface area contributed by atoms with E-state index in [0.29, 0.717) is 22.9 Å². The molecule has 4 aromatic carbocycles. The molecule has 0 saturated carbocycles. The number of hydrogen-bond donors (Lipinski definition) is 1. The Morgan fingerprint density at radius 2 is 1.58 bits per heavy atom. The minimum absolute atomic E-state index is 0.113. The third-order valence-electron chi connectivity index (χ3n) is 6.36. The van der Waals surface area contributed by atoms with Gasteiger partial charge in [0, 0.05) is 36.5 Å². The third-order valence-corrected chi connectivity index (χ3v) is 6.95. The normalized spacial score (nSPS) is 11.8. The molecule has 4 nitrogen and oxygen atoms in total. The van der Waals surface area contributed by atoms with Crippen molar-refractivity contribution in [2.24, 2.45) is 0 Å². The lowest BCUT2D eigenvalue weighted by molar-refractivity contribution is -0.141. The highest BCUT2D eigenvalue weighted by Gasteiger charge is 2.30. The van der Waals surface area contributed by atoms with Crippen LogP contribution in [0.3, 0.4) is 0 Å². The highest BCUT2D eigenvalue weighted by Crippen LogP contribution is 2.25. The van der Waals surface area contributed by atoms with E-state index in [2.05, 4.69) is 29.6 Å². The van der Waals surface area contributed by atoms with Crippen LogP contribution in [0.15, 0.2) is 91.0 Å². The Morgan fingerprint density at radius 1 is 0.861 bits per heavy atom. The van der Waals surface area contributed by atoms with E-state index in [-0.39, 0.29) is 24.8 Å². The van der Waals surface area contributed by atoms with Crippen molar-refractivity contribution < 1.29 is 9.59 Å². The molecule has 0 bridgehead atoms. The number of carbonyl (C=O) groups is 2. The molecule has 0 fully saturated rings. The summed E-state index contributed by atoms with van der Waals surface area (Å²) in [5, 5.41) is 5.99. The summed E-state index contributed by atoms with van der Waals surface area (Å²) in [7, 11) is 1.59. The first-order chi connectivity index (χ1) is 17.5. The predicted octanol–water partition coefficient (Wildman–Crippen LogP) is 6.47. The van der Waals surface area contributed by atoms with E-state index in [4.69, 9.17) is 23.2 Å². The molecule has 0 aliphatic heterocycles. The van der Waals surface area contributed by atoms with Crippen molar-refractivity contribution in [2.75, 3.05) is 7.05 Å². The van der Waals surface area contributed by atoms with Crippen LogP contribution in [0.1, 0.15) is 23.1 Å². The van der Waals surface area contributed by atoms with Gasteiger partial charge in [0.1, 0.15) is 6.04 Å². The van der Waals surface area contributed by atoms with Gasteiger partial charge < -0.3 is 10.2 Å². The topological polar surface area (TPSA) is 49.4 Å². The second-order valence-corrected chi connectivity index (χ2v) is 9.56. The van der Waals surface area contributed by atoms with Gasteiger partial charge in [0.2, 0.25) is 11.8 Å². The maximum Gasteiger partial charge on any atom is 0.242 e. The molecule has 0 aliphatic carbocycles. The number of carbonyl (C=O) groups excluding carboxylic acids is 2. The fourth-order valence-electron chi connectivity index (χ4n) is 4.45. The molecule has 184 valence electrons. The Morgan fingerprint density at radius 3 is 2.33 bits per heavy atom. The molecule has 36 heavy (non-hydrogen) atoms. The van der Waals surface area contributed by atoms with Crippen molar-refractivity contribution in [1.82, 2.24) is 10.2 Å². The summed E-state index contributed by atoms with van der Waals surface area (Å²) < 4.78 is 0. The molecule has 1 N–H and O–H groups in total. The standard InChI is InChI=1S/C30H28Cl2N2O2/c1-33-30(36)28(18-21-8-3-2-4-9-21)34(20-24-14-16-25(31)19-27(24)32)29(35)17-15-23-12-7-11-22-10-5-6-13-26(22)23/h2-14,16,19,28H,15,17-18,20H2,1H3,(H,33,36). The van der Waals surface area contributed by atoms with E-state index in [1.54, 1.807) is 30.1 Å². The first kappa shape index (κ1) is 25.7. The molecule has 4 aromatic rings. The van der Waals surface area contributed by atoms with Gasteiger partial charge in [-0.05, 0) is 46.0 Å². The van der Waals surface area contributed by atoms with Crippen LogP contribution in [0.2, 0.25) is 10.0 Å². The molecule has 1 atom stereocenters. The number of halogens is 2. The number of rotatable bonds is 9. The van der Waals surface area contributed by atoms with Gasteiger partial charge in [0.15, 0.2) is 0 Å². The Hall–Kier alpha value is -3.34. The van der Waals surface area contributed by atoms with Crippen molar-refractivity contribution in [3.8, 4) is 0 Å². The second-order valence-electron chi connectivity index (χ2n) is 8.72. The average molecular weight is 519 g/mol. The quantitative estimate of drug-likeness (QED) is 0.276. The monoisotopic (exact) mass is 518 g/mol. The van der Waals surface area contributed by atoms with Crippen LogP contribution in [0.25, 0.3) is 10.8 Å². The number of hydrogen-bond acceptors (Lipinski definition) is 2. The Kier molecular flexibility index (Phi) is 8.63.